The maximum atomic E-state index is 15.5. The number of aromatic nitrogens is 3. The Labute approximate surface area is 224 Å². The van der Waals surface area contributed by atoms with E-state index in [1.165, 1.54) is 37.6 Å². The number of hydrogen-bond acceptors (Lipinski definition) is 7. The number of nitrogens with zero attached hydrogens (tertiary/aromatic N) is 4. The number of pyridine rings is 1. The standard InChI is InChI=1S/C29H26F2N6O2/c1-15-17(6-5-10-32-15)18-12-24(37-14-23-27(34-23)16(37)2)22(13-20(18)31)36-29(38)21-9-11-33-28(35-21)26-19(30)7-4-8-25(26)39-3/h4-13,16,23,27,34H,14H2,1-3H3,(H,36,38)/t16-,23+,27?/m0/s1. The molecule has 4 heterocycles. The van der Waals surface area contributed by atoms with Gasteiger partial charge in [-0.1, -0.05) is 12.1 Å². The molecule has 1 unspecified atom stereocenters. The number of fused-ring (bicyclic) bond motifs is 1. The van der Waals surface area contributed by atoms with Crippen molar-refractivity contribution in [3.05, 3.63) is 83.9 Å². The van der Waals surface area contributed by atoms with E-state index in [0.717, 1.165) is 6.54 Å². The molecule has 2 saturated heterocycles. The second-order valence-corrected chi connectivity index (χ2v) is 9.71. The third-order valence-electron chi connectivity index (χ3n) is 7.38. The monoisotopic (exact) mass is 528 g/mol. The molecule has 0 saturated carbocycles. The van der Waals surface area contributed by atoms with Gasteiger partial charge in [-0.25, -0.2) is 18.7 Å². The molecule has 2 aliphatic rings. The summed E-state index contributed by atoms with van der Waals surface area (Å²) in [5, 5.41) is 6.27. The molecule has 1 amide bonds. The minimum absolute atomic E-state index is 0.00262. The fourth-order valence-electron chi connectivity index (χ4n) is 5.28. The molecule has 6 rings (SSSR count). The van der Waals surface area contributed by atoms with Crippen molar-refractivity contribution in [3.8, 4) is 28.3 Å². The average molecular weight is 529 g/mol. The number of amides is 1. The van der Waals surface area contributed by atoms with Gasteiger partial charge in [0.1, 0.15) is 23.1 Å². The van der Waals surface area contributed by atoms with E-state index < -0.39 is 17.5 Å². The summed E-state index contributed by atoms with van der Waals surface area (Å²) >= 11 is 0. The smallest absolute Gasteiger partial charge is 0.274 e. The summed E-state index contributed by atoms with van der Waals surface area (Å²) in [4.78, 5) is 28.3. The van der Waals surface area contributed by atoms with E-state index in [9.17, 15) is 9.18 Å². The number of carbonyl (C=O) groups is 1. The van der Waals surface area contributed by atoms with Crippen LogP contribution >= 0.6 is 0 Å². The van der Waals surface area contributed by atoms with Crippen LogP contribution < -0.4 is 20.3 Å². The van der Waals surface area contributed by atoms with Gasteiger partial charge in [0.05, 0.1) is 24.0 Å². The molecule has 0 radical (unpaired) electrons. The lowest BCUT2D eigenvalue weighted by atomic mass is 10.0. The van der Waals surface area contributed by atoms with Gasteiger partial charge in [0.25, 0.3) is 5.91 Å². The Hall–Kier alpha value is -4.44. The van der Waals surface area contributed by atoms with Crippen LogP contribution in [0.5, 0.6) is 5.75 Å². The summed E-state index contributed by atoms with van der Waals surface area (Å²) in [6, 6.07) is 13.4. The molecule has 10 heteroatoms. The molecule has 2 aromatic carbocycles. The maximum absolute atomic E-state index is 15.5. The number of piperazine rings is 1. The number of aryl methyl sites for hydroxylation is 1. The maximum Gasteiger partial charge on any atom is 0.274 e. The van der Waals surface area contributed by atoms with Gasteiger partial charge < -0.3 is 20.3 Å². The Morgan fingerprint density at radius 1 is 1.08 bits per heavy atom. The van der Waals surface area contributed by atoms with Crippen LogP contribution in [0.3, 0.4) is 0 Å². The van der Waals surface area contributed by atoms with Crippen LogP contribution in [-0.4, -0.2) is 52.6 Å². The van der Waals surface area contributed by atoms with Crippen molar-refractivity contribution in [3.63, 3.8) is 0 Å². The fraction of sp³-hybridized carbons (Fsp3) is 0.241. The second kappa shape index (κ2) is 9.70. The van der Waals surface area contributed by atoms with E-state index in [2.05, 4.69) is 37.4 Å². The number of halogens is 2. The van der Waals surface area contributed by atoms with Gasteiger partial charge in [0.2, 0.25) is 0 Å². The first kappa shape index (κ1) is 24.9. The normalized spacial score (nSPS) is 19.5. The molecule has 2 N–H and O–H groups in total. The predicted molar refractivity (Wildman–Crippen MR) is 144 cm³/mol. The quantitative estimate of drug-likeness (QED) is 0.353. The SMILES string of the molecule is COc1cccc(F)c1-c1nccc(C(=O)Nc2cc(F)c(-c3cccnc3C)cc2N2C[C@H]3NC3[C@@H]2C)n1. The second-order valence-electron chi connectivity index (χ2n) is 9.71. The van der Waals surface area contributed by atoms with Crippen LogP contribution in [0.2, 0.25) is 0 Å². The van der Waals surface area contributed by atoms with Crippen molar-refractivity contribution < 1.29 is 18.3 Å². The molecular weight excluding hydrogens is 502 g/mol. The van der Waals surface area contributed by atoms with Crippen molar-refractivity contribution in [2.24, 2.45) is 0 Å². The fourth-order valence-corrected chi connectivity index (χ4v) is 5.28. The van der Waals surface area contributed by atoms with E-state index in [4.69, 9.17) is 4.74 Å². The average Bonchev–Trinajstić information content (AvgIpc) is 3.64. The number of carbonyl (C=O) groups excluding carboxylic acids is 1. The molecule has 3 atom stereocenters. The first-order chi connectivity index (χ1) is 18.9. The Kier molecular flexibility index (Phi) is 6.19. The van der Waals surface area contributed by atoms with Crippen molar-refractivity contribution in [2.45, 2.75) is 32.0 Å². The van der Waals surface area contributed by atoms with E-state index in [-0.39, 0.29) is 28.9 Å². The minimum Gasteiger partial charge on any atom is -0.496 e. The minimum atomic E-state index is -0.576. The highest BCUT2D eigenvalue weighted by atomic mass is 19.1. The molecule has 2 aromatic heterocycles. The first-order valence-corrected chi connectivity index (χ1v) is 12.6. The molecule has 2 fully saturated rings. The van der Waals surface area contributed by atoms with Gasteiger partial charge in [0, 0.05) is 60.0 Å². The molecule has 0 aliphatic carbocycles. The van der Waals surface area contributed by atoms with Crippen LogP contribution in [0.25, 0.3) is 22.5 Å². The van der Waals surface area contributed by atoms with Gasteiger partial charge in [-0.3, -0.25) is 9.78 Å². The van der Waals surface area contributed by atoms with Gasteiger partial charge in [-0.2, -0.15) is 0 Å². The van der Waals surface area contributed by atoms with E-state index >= 15 is 4.39 Å². The molecule has 8 nitrogen and oxygen atoms in total. The van der Waals surface area contributed by atoms with Crippen LogP contribution in [0.1, 0.15) is 23.1 Å². The summed E-state index contributed by atoms with van der Waals surface area (Å²) in [5.41, 5.74) is 2.87. The van der Waals surface area contributed by atoms with Gasteiger partial charge >= 0.3 is 0 Å². The van der Waals surface area contributed by atoms with Crippen molar-refractivity contribution in [2.75, 3.05) is 23.9 Å². The van der Waals surface area contributed by atoms with Crippen LogP contribution in [0, 0.1) is 18.6 Å². The number of anilines is 2. The lowest BCUT2D eigenvalue weighted by Gasteiger charge is -2.29. The number of rotatable bonds is 6. The highest BCUT2D eigenvalue weighted by Gasteiger charge is 2.50. The lowest BCUT2D eigenvalue weighted by Crippen LogP contribution is -2.36. The van der Waals surface area contributed by atoms with Crippen LogP contribution in [-0.2, 0) is 0 Å². The van der Waals surface area contributed by atoms with Crippen LogP contribution in [0.15, 0.2) is 60.9 Å². The van der Waals surface area contributed by atoms with Crippen molar-refractivity contribution >= 4 is 17.3 Å². The number of ether oxygens (including phenoxy) is 1. The molecular formula is C29H26F2N6O2. The Morgan fingerprint density at radius 3 is 2.67 bits per heavy atom. The van der Waals surface area contributed by atoms with Crippen molar-refractivity contribution in [1.29, 1.82) is 0 Å². The number of methoxy groups -OCH3 is 1. The van der Waals surface area contributed by atoms with Gasteiger partial charge in [0.15, 0.2) is 5.82 Å². The lowest BCUT2D eigenvalue weighted by molar-refractivity contribution is 0.102. The van der Waals surface area contributed by atoms with E-state index in [0.29, 0.717) is 40.3 Å². The molecule has 0 bridgehead atoms. The van der Waals surface area contributed by atoms with Gasteiger partial charge in [-0.05, 0) is 44.2 Å². The Bertz CT molecular complexity index is 1600. The van der Waals surface area contributed by atoms with E-state index in [1.807, 2.05) is 13.0 Å². The highest BCUT2D eigenvalue weighted by molar-refractivity contribution is 6.05. The summed E-state index contributed by atoms with van der Waals surface area (Å²) < 4.78 is 35.4. The van der Waals surface area contributed by atoms with E-state index in [1.54, 1.807) is 24.4 Å². The largest absolute Gasteiger partial charge is 0.496 e. The molecule has 198 valence electrons. The molecule has 39 heavy (non-hydrogen) atoms. The zero-order chi connectivity index (χ0) is 27.3. The summed E-state index contributed by atoms with van der Waals surface area (Å²) in [5.74, 6) is -1.39. The zero-order valence-electron chi connectivity index (χ0n) is 21.6. The highest BCUT2D eigenvalue weighted by Crippen LogP contribution is 2.41. The molecule has 2 aliphatic heterocycles. The summed E-state index contributed by atoms with van der Waals surface area (Å²) in [6.45, 7) is 4.67. The number of nitrogens with one attached hydrogen (secondary N) is 2. The summed E-state index contributed by atoms with van der Waals surface area (Å²) in [7, 11) is 1.42. The topological polar surface area (TPSA) is 102 Å². The molecule has 0 spiro atoms. The Morgan fingerprint density at radius 2 is 1.92 bits per heavy atom. The number of hydrogen-bond donors (Lipinski definition) is 2. The zero-order valence-corrected chi connectivity index (χ0v) is 21.6. The third-order valence-corrected chi connectivity index (χ3v) is 7.38. The predicted octanol–water partition coefficient (Wildman–Crippen LogP) is 4.60. The third kappa shape index (κ3) is 4.46. The Balaban J connectivity index is 1.38. The van der Waals surface area contributed by atoms with Crippen LogP contribution in [0.4, 0.5) is 20.2 Å². The number of benzene rings is 2. The summed E-state index contributed by atoms with van der Waals surface area (Å²) in [6.07, 6.45) is 3.04. The molecule has 4 aromatic rings. The van der Waals surface area contributed by atoms with Crippen molar-refractivity contribution in [1.82, 2.24) is 20.3 Å². The van der Waals surface area contributed by atoms with Gasteiger partial charge in [-0.15, -0.1) is 0 Å². The first-order valence-electron chi connectivity index (χ1n) is 12.6.